The van der Waals surface area contributed by atoms with Gasteiger partial charge in [-0.2, -0.15) is 13.2 Å². The van der Waals surface area contributed by atoms with Gasteiger partial charge in [-0.3, -0.25) is 57.5 Å². The highest BCUT2D eigenvalue weighted by molar-refractivity contribution is 6.31. The third kappa shape index (κ3) is 21.7. The highest BCUT2D eigenvalue weighted by Crippen LogP contribution is 2.38. The molecular formula is C76H110ClF3N12O13. The third-order valence-electron chi connectivity index (χ3n) is 21.1. The minimum absolute atomic E-state index is 0.00225. The number of carbonyl (C=O) groups excluding carboxylic acids is 12. The number of alkyl halides is 3. The lowest BCUT2D eigenvalue weighted by atomic mass is 9.90. The van der Waals surface area contributed by atoms with E-state index in [0.717, 1.165) is 45.2 Å². The molecule has 0 radical (unpaired) electrons. The smallest absolute Gasteiger partial charge is 0.375 e. The molecule has 25 nitrogen and oxygen atoms in total. The number of aryl methyl sites for hydroxylation is 2. The van der Waals surface area contributed by atoms with Crippen LogP contribution in [-0.4, -0.2) is 265 Å². The lowest BCUT2D eigenvalue weighted by Gasteiger charge is -2.42. The minimum Gasteiger partial charge on any atom is -0.375 e. The molecule has 0 bridgehead atoms. The van der Waals surface area contributed by atoms with E-state index in [4.69, 9.17) is 16.3 Å². The van der Waals surface area contributed by atoms with Crippen molar-refractivity contribution < 1.29 is 75.4 Å². The first-order chi connectivity index (χ1) is 49.4. The number of amides is 12. The molecule has 6 rings (SSSR count). The van der Waals surface area contributed by atoms with E-state index in [9.17, 15) is 41.9 Å². The van der Waals surface area contributed by atoms with Gasteiger partial charge in [-0.1, -0.05) is 119 Å². The summed E-state index contributed by atoms with van der Waals surface area (Å²) >= 11 is 6.18. The molecule has 2 aromatic rings. The van der Waals surface area contributed by atoms with E-state index in [1.807, 2.05) is 32.9 Å². The van der Waals surface area contributed by atoms with E-state index in [2.05, 4.69) is 29.1 Å². The van der Waals surface area contributed by atoms with Crippen molar-refractivity contribution in [2.24, 2.45) is 17.8 Å². The maximum absolute atomic E-state index is 15.6. The summed E-state index contributed by atoms with van der Waals surface area (Å²) in [5.74, 6) is -9.89. The topological polar surface area (TPSA) is 279 Å². The van der Waals surface area contributed by atoms with Crippen LogP contribution in [-0.2, 0) is 81.3 Å². The van der Waals surface area contributed by atoms with Crippen molar-refractivity contribution in [1.29, 1.82) is 0 Å². The van der Waals surface area contributed by atoms with Crippen LogP contribution in [0.25, 0.3) is 0 Å². The molecule has 1 spiro atoms. The molecule has 105 heavy (non-hydrogen) atoms. The second kappa shape index (κ2) is 38.2. The standard InChI is InChI=1S/C76H110ClF3N12O13/c1-16-37-91-59(42-51-29-27-48(6)28-30-51)70(100)85(10)44-61(93)81-55(34-32-50-31-33-53(54(77)41-50)76(78,79)80)68(98)92-38-23-26-56(92)67(97)83-75(35-21-22-36-75)74(104)90(15)65(52-24-19-20-25-52)73(103)89(14)58(69(99)84(8)9)43-62(94)87(12)57(40-47(4)5)66(96)82-64(49(7)18-3)72(102)86(11)45-63(95)88(13)60(71(91)101)46-105-39-17-2/h16-17,27-31,33,41,47,49,52,55-60,64-65H,1-2,18-26,32,34-40,42-46H2,3-15H3,(H,81,93)(H,82,96)(H,83,97)/t49-,55-,56-,57-,58-,59-,60+,64-,65-/m0/s1. The molecule has 2 heterocycles. The molecule has 4 aliphatic rings. The summed E-state index contributed by atoms with van der Waals surface area (Å²) in [7, 11) is 11.2. The normalized spacial score (nSPS) is 24.7. The Kier molecular flexibility index (Phi) is 31.1. The molecule has 2 saturated heterocycles. The third-order valence-corrected chi connectivity index (χ3v) is 21.4. The molecule has 9 atom stereocenters. The Morgan fingerprint density at radius 2 is 1.33 bits per heavy atom. The number of nitrogens with zero attached hydrogens (tertiary/aromatic N) is 9. The number of hydrogen-bond acceptors (Lipinski definition) is 13. The van der Waals surface area contributed by atoms with Crippen molar-refractivity contribution in [3.63, 3.8) is 0 Å². The van der Waals surface area contributed by atoms with Crippen molar-refractivity contribution in [2.75, 3.05) is 95.8 Å². The second-order valence-electron chi connectivity index (χ2n) is 29.5. The Bertz CT molecular complexity index is 3470. The molecule has 2 aliphatic heterocycles. The van der Waals surface area contributed by atoms with Crippen LogP contribution in [0.2, 0.25) is 5.02 Å². The van der Waals surface area contributed by atoms with Gasteiger partial charge < -0.3 is 64.8 Å². The van der Waals surface area contributed by atoms with Crippen molar-refractivity contribution >= 4 is 82.5 Å². The van der Waals surface area contributed by atoms with E-state index in [-0.39, 0.29) is 76.1 Å². The van der Waals surface area contributed by atoms with Gasteiger partial charge in [0.1, 0.15) is 53.9 Å². The van der Waals surface area contributed by atoms with Crippen molar-refractivity contribution in [3.05, 3.63) is 95.1 Å². The summed E-state index contributed by atoms with van der Waals surface area (Å²) in [5.41, 5.74) is -0.960. The van der Waals surface area contributed by atoms with Crippen LogP contribution >= 0.6 is 11.6 Å². The van der Waals surface area contributed by atoms with Gasteiger partial charge in [0.25, 0.3) is 0 Å². The van der Waals surface area contributed by atoms with Gasteiger partial charge in [0.15, 0.2) is 0 Å². The lowest BCUT2D eigenvalue weighted by Crippen LogP contribution is -2.65. The van der Waals surface area contributed by atoms with Crippen molar-refractivity contribution in [1.82, 2.24) is 60.0 Å². The number of halogens is 4. The average molecular weight is 1490 g/mol. The first-order valence-electron chi connectivity index (χ1n) is 36.4. The first-order valence-corrected chi connectivity index (χ1v) is 36.8. The van der Waals surface area contributed by atoms with Crippen LogP contribution in [0.3, 0.4) is 0 Å². The summed E-state index contributed by atoms with van der Waals surface area (Å²) < 4.78 is 47.7. The summed E-state index contributed by atoms with van der Waals surface area (Å²) in [6.07, 6.45) is 1.49. The van der Waals surface area contributed by atoms with Gasteiger partial charge >= 0.3 is 6.18 Å². The Morgan fingerprint density at radius 1 is 0.714 bits per heavy atom. The average Bonchev–Trinajstić information content (AvgIpc) is 1.71. The van der Waals surface area contributed by atoms with Crippen LogP contribution in [0.1, 0.15) is 140 Å². The number of rotatable bonds is 17. The number of carbonyl (C=O) groups is 12. The van der Waals surface area contributed by atoms with E-state index in [0.29, 0.717) is 44.1 Å². The quantitative estimate of drug-likeness (QED) is 0.125. The Balaban J connectivity index is 1.50. The van der Waals surface area contributed by atoms with E-state index in [1.54, 1.807) is 26.0 Å². The molecule has 3 N–H and O–H groups in total. The Morgan fingerprint density at radius 3 is 1.91 bits per heavy atom. The number of likely N-dealkylation sites (N-methyl/N-ethyl adjacent to an activating group) is 7. The lowest BCUT2D eigenvalue weighted by molar-refractivity contribution is -0.156. The molecule has 4 fully saturated rings. The molecule has 12 amide bonds. The summed E-state index contributed by atoms with van der Waals surface area (Å²) in [6.45, 7) is 14.5. The first kappa shape index (κ1) is 85.5. The number of nitrogens with one attached hydrogen (secondary N) is 3. The highest BCUT2D eigenvalue weighted by Gasteiger charge is 2.52. The molecule has 580 valence electrons. The second-order valence-corrected chi connectivity index (χ2v) is 29.9. The zero-order chi connectivity index (χ0) is 78.1. The summed E-state index contributed by atoms with van der Waals surface area (Å²) in [6, 6.07) is -0.588. The fraction of sp³-hybridized carbons (Fsp3) is 0.632. The van der Waals surface area contributed by atoms with Crippen LogP contribution in [0.15, 0.2) is 67.8 Å². The molecule has 0 aromatic heterocycles. The molecule has 2 aliphatic carbocycles. The number of fused-ring (bicyclic) bond motifs is 1. The van der Waals surface area contributed by atoms with E-state index in [1.165, 1.54) is 104 Å². The predicted octanol–water partition coefficient (Wildman–Crippen LogP) is 5.82. The van der Waals surface area contributed by atoms with E-state index < -0.39 is 179 Å². The zero-order valence-electron chi connectivity index (χ0n) is 63.4. The minimum atomic E-state index is -4.79. The van der Waals surface area contributed by atoms with Crippen molar-refractivity contribution in [2.45, 2.75) is 197 Å². The van der Waals surface area contributed by atoms with Crippen LogP contribution < -0.4 is 16.0 Å². The number of hydrogen-bond donors (Lipinski definition) is 3. The van der Waals surface area contributed by atoms with E-state index >= 15 is 28.8 Å². The molecule has 2 saturated carbocycles. The summed E-state index contributed by atoms with van der Waals surface area (Å²) in [5, 5.41) is 8.08. The van der Waals surface area contributed by atoms with Gasteiger partial charge in [0.05, 0.1) is 43.3 Å². The fourth-order valence-corrected chi connectivity index (χ4v) is 15.0. The van der Waals surface area contributed by atoms with Gasteiger partial charge in [0, 0.05) is 75.9 Å². The molecule has 0 unspecified atom stereocenters. The predicted molar refractivity (Wildman–Crippen MR) is 390 cm³/mol. The molecule has 29 heteroatoms. The van der Waals surface area contributed by atoms with Crippen LogP contribution in [0, 0.1) is 24.7 Å². The van der Waals surface area contributed by atoms with Gasteiger partial charge in [-0.15, -0.1) is 13.2 Å². The molecular weight excluding hydrogens is 1380 g/mol. The number of benzene rings is 2. The summed E-state index contributed by atoms with van der Waals surface area (Å²) in [4.78, 5) is 192. The highest BCUT2D eigenvalue weighted by atomic mass is 35.5. The van der Waals surface area contributed by atoms with Gasteiger partial charge in [-0.25, -0.2) is 0 Å². The molecule has 2 aromatic carbocycles. The zero-order valence-corrected chi connectivity index (χ0v) is 64.1. The monoisotopic (exact) mass is 1490 g/mol. The Labute approximate surface area is 621 Å². The largest absolute Gasteiger partial charge is 0.417 e. The number of ether oxygens (including phenoxy) is 1. The van der Waals surface area contributed by atoms with Crippen molar-refractivity contribution in [3.8, 4) is 0 Å². The van der Waals surface area contributed by atoms with Gasteiger partial charge in [-0.05, 0) is 106 Å². The maximum Gasteiger partial charge on any atom is 0.417 e. The Hall–Kier alpha value is -8.40. The maximum atomic E-state index is 15.6. The van der Waals surface area contributed by atoms with Crippen LogP contribution in [0.4, 0.5) is 13.2 Å². The van der Waals surface area contributed by atoms with Crippen LogP contribution in [0.5, 0.6) is 0 Å². The van der Waals surface area contributed by atoms with Gasteiger partial charge in [0.2, 0.25) is 70.9 Å². The fourth-order valence-electron chi connectivity index (χ4n) is 14.7. The SMILES string of the molecule is C=CCOC[C@@H]1C(=O)N(CC=C)[C@@H](Cc2ccc(C)cc2)C(=O)N(C)CC(=O)N[C@@H](CCc2ccc(C(F)(F)F)c(Cl)c2)C(=O)N2CCC[C@H]2C(=O)NC2(CCCC2)C(=O)N(C)[C@@H](C2CCCC2)C(=O)N(C)[C@H](C(=O)N(C)C)CC(=O)N(C)[C@@H](CC(C)C)C(=O)N[C@@H]([C@@H](C)CC)C(=O)N(C)CC(=O)N1C.